The Morgan fingerprint density at radius 1 is 1.31 bits per heavy atom. The molecule has 0 aliphatic heterocycles. The van der Waals surface area contributed by atoms with E-state index < -0.39 is 0 Å². The predicted octanol–water partition coefficient (Wildman–Crippen LogP) is 2.32. The van der Waals surface area contributed by atoms with Crippen LogP contribution in [0.4, 0.5) is 0 Å². The second kappa shape index (κ2) is 5.61. The second-order valence-corrected chi connectivity index (χ2v) is 4.42. The minimum absolute atomic E-state index is 0.343. The lowest BCUT2D eigenvalue weighted by Gasteiger charge is -2.19. The molecular weight excluding hydrogens is 162 g/mol. The van der Waals surface area contributed by atoms with E-state index in [0.29, 0.717) is 12.1 Å². The summed E-state index contributed by atoms with van der Waals surface area (Å²) in [6.07, 6.45) is 6.80. The van der Waals surface area contributed by atoms with Crippen LogP contribution in [0.3, 0.4) is 0 Å². The molecule has 0 saturated heterocycles. The van der Waals surface area contributed by atoms with Gasteiger partial charge in [0.1, 0.15) is 0 Å². The molecule has 1 saturated carbocycles. The number of nitrogens with two attached hydrogens (primary N) is 1. The molecule has 0 radical (unpaired) electrons. The summed E-state index contributed by atoms with van der Waals surface area (Å²) in [5.74, 6) is 0.774. The Kier molecular flexibility index (Phi) is 4.74. The molecule has 2 nitrogen and oxygen atoms in total. The summed E-state index contributed by atoms with van der Waals surface area (Å²) in [4.78, 5) is 0. The van der Waals surface area contributed by atoms with Gasteiger partial charge in [0.25, 0.3) is 0 Å². The Morgan fingerprint density at radius 3 is 2.46 bits per heavy atom. The summed E-state index contributed by atoms with van der Waals surface area (Å²) in [5, 5.41) is 0. The van der Waals surface area contributed by atoms with Gasteiger partial charge in [0.2, 0.25) is 0 Å². The SMILES string of the molecule is CC(C)OCCC(N)C1CCCC1. The topological polar surface area (TPSA) is 35.2 Å². The highest BCUT2D eigenvalue weighted by molar-refractivity contribution is 4.77. The minimum Gasteiger partial charge on any atom is -0.379 e. The van der Waals surface area contributed by atoms with Crippen LogP contribution in [0.15, 0.2) is 0 Å². The summed E-state index contributed by atoms with van der Waals surface area (Å²) in [6.45, 7) is 4.97. The Balaban J connectivity index is 2.06. The Hall–Kier alpha value is -0.0800. The molecule has 0 aromatic heterocycles. The summed E-state index contributed by atoms with van der Waals surface area (Å²) < 4.78 is 5.49. The smallest absolute Gasteiger partial charge is 0.0518 e. The first-order valence-electron chi connectivity index (χ1n) is 5.57. The monoisotopic (exact) mass is 185 g/mol. The molecule has 2 N–H and O–H groups in total. The second-order valence-electron chi connectivity index (χ2n) is 4.42. The van der Waals surface area contributed by atoms with E-state index >= 15 is 0 Å². The van der Waals surface area contributed by atoms with E-state index in [1.165, 1.54) is 25.7 Å². The van der Waals surface area contributed by atoms with E-state index in [4.69, 9.17) is 10.5 Å². The molecule has 0 heterocycles. The lowest BCUT2D eigenvalue weighted by Crippen LogP contribution is -2.30. The van der Waals surface area contributed by atoms with Crippen LogP contribution in [0.5, 0.6) is 0 Å². The summed E-state index contributed by atoms with van der Waals surface area (Å²) in [5.41, 5.74) is 6.09. The lowest BCUT2D eigenvalue weighted by atomic mass is 9.97. The van der Waals surface area contributed by atoms with E-state index in [-0.39, 0.29) is 0 Å². The van der Waals surface area contributed by atoms with E-state index in [1.54, 1.807) is 0 Å². The fraction of sp³-hybridized carbons (Fsp3) is 1.00. The average molecular weight is 185 g/mol. The van der Waals surface area contributed by atoms with Crippen molar-refractivity contribution in [1.29, 1.82) is 0 Å². The first-order chi connectivity index (χ1) is 6.20. The van der Waals surface area contributed by atoms with Crippen molar-refractivity contribution in [3.05, 3.63) is 0 Å². The summed E-state index contributed by atoms with van der Waals surface area (Å²) in [7, 11) is 0. The Bertz CT molecular complexity index is 130. The maximum absolute atomic E-state index is 6.09. The van der Waals surface area contributed by atoms with Crippen LogP contribution in [-0.2, 0) is 4.74 Å². The summed E-state index contributed by atoms with van der Waals surface area (Å²) >= 11 is 0. The van der Waals surface area contributed by atoms with Gasteiger partial charge in [-0.2, -0.15) is 0 Å². The number of ether oxygens (including phenoxy) is 1. The van der Waals surface area contributed by atoms with Gasteiger partial charge >= 0.3 is 0 Å². The zero-order valence-electron chi connectivity index (χ0n) is 8.96. The molecule has 1 fully saturated rings. The zero-order chi connectivity index (χ0) is 9.68. The van der Waals surface area contributed by atoms with Crippen LogP contribution >= 0.6 is 0 Å². The van der Waals surface area contributed by atoms with Crippen LogP contribution in [0.2, 0.25) is 0 Å². The van der Waals surface area contributed by atoms with E-state index in [1.807, 2.05) is 0 Å². The maximum Gasteiger partial charge on any atom is 0.0518 e. The van der Waals surface area contributed by atoms with E-state index in [0.717, 1.165) is 18.9 Å². The van der Waals surface area contributed by atoms with Crippen molar-refractivity contribution >= 4 is 0 Å². The van der Waals surface area contributed by atoms with Gasteiger partial charge in [0.05, 0.1) is 6.10 Å². The molecule has 2 heteroatoms. The van der Waals surface area contributed by atoms with Gasteiger partial charge in [-0.3, -0.25) is 0 Å². The molecule has 78 valence electrons. The fourth-order valence-electron chi connectivity index (χ4n) is 2.06. The third-order valence-electron chi connectivity index (χ3n) is 2.91. The molecule has 1 aliphatic rings. The van der Waals surface area contributed by atoms with Gasteiger partial charge in [-0.25, -0.2) is 0 Å². The standard InChI is InChI=1S/C11H23NO/c1-9(2)13-8-7-11(12)10-5-3-4-6-10/h9-11H,3-8,12H2,1-2H3. The van der Waals surface area contributed by atoms with Gasteiger partial charge in [-0.05, 0) is 39.0 Å². The first kappa shape index (κ1) is 11.0. The highest BCUT2D eigenvalue weighted by Crippen LogP contribution is 2.27. The van der Waals surface area contributed by atoms with Crippen LogP contribution in [0.1, 0.15) is 46.0 Å². The molecule has 0 aromatic rings. The number of hydrogen-bond donors (Lipinski definition) is 1. The molecule has 13 heavy (non-hydrogen) atoms. The normalized spacial score (nSPS) is 21.2. The number of hydrogen-bond acceptors (Lipinski definition) is 2. The molecule has 0 aromatic carbocycles. The fourth-order valence-corrected chi connectivity index (χ4v) is 2.06. The average Bonchev–Trinajstić information content (AvgIpc) is 2.55. The maximum atomic E-state index is 6.09. The van der Waals surface area contributed by atoms with Gasteiger partial charge < -0.3 is 10.5 Å². The molecular formula is C11H23NO. The van der Waals surface area contributed by atoms with Crippen LogP contribution < -0.4 is 5.73 Å². The van der Waals surface area contributed by atoms with Crippen molar-refractivity contribution < 1.29 is 4.74 Å². The molecule has 1 aliphatic carbocycles. The molecule has 1 rings (SSSR count). The zero-order valence-corrected chi connectivity index (χ0v) is 8.96. The van der Waals surface area contributed by atoms with Crippen molar-refractivity contribution in [2.24, 2.45) is 11.7 Å². The summed E-state index contributed by atoms with van der Waals surface area (Å²) in [6, 6.07) is 0.376. The van der Waals surface area contributed by atoms with Gasteiger partial charge in [-0.1, -0.05) is 12.8 Å². The predicted molar refractivity (Wildman–Crippen MR) is 55.6 cm³/mol. The van der Waals surface area contributed by atoms with Gasteiger partial charge in [0, 0.05) is 12.6 Å². The minimum atomic E-state index is 0.343. The quantitative estimate of drug-likeness (QED) is 0.713. The highest BCUT2D eigenvalue weighted by atomic mass is 16.5. The van der Waals surface area contributed by atoms with Crippen LogP contribution in [0.25, 0.3) is 0 Å². The molecule has 1 unspecified atom stereocenters. The van der Waals surface area contributed by atoms with Crippen LogP contribution in [-0.4, -0.2) is 18.8 Å². The largest absolute Gasteiger partial charge is 0.379 e. The Labute approximate surface area is 81.8 Å². The van der Waals surface area contributed by atoms with E-state index in [2.05, 4.69) is 13.8 Å². The van der Waals surface area contributed by atoms with Crippen molar-refractivity contribution in [3.63, 3.8) is 0 Å². The third kappa shape index (κ3) is 4.10. The number of rotatable bonds is 5. The third-order valence-corrected chi connectivity index (χ3v) is 2.91. The van der Waals surface area contributed by atoms with Crippen molar-refractivity contribution in [1.82, 2.24) is 0 Å². The molecule has 0 amide bonds. The van der Waals surface area contributed by atoms with Crippen molar-refractivity contribution in [2.75, 3.05) is 6.61 Å². The van der Waals surface area contributed by atoms with Crippen LogP contribution in [0, 0.1) is 5.92 Å². The van der Waals surface area contributed by atoms with Gasteiger partial charge in [0.15, 0.2) is 0 Å². The van der Waals surface area contributed by atoms with E-state index in [9.17, 15) is 0 Å². The van der Waals surface area contributed by atoms with Crippen molar-refractivity contribution in [2.45, 2.75) is 58.1 Å². The van der Waals surface area contributed by atoms with Crippen molar-refractivity contribution in [3.8, 4) is 0 Å². The molecule has 0 spiro atoms. The first-order valence-corrected chi connectivity index (χ1v) is 5.57. The highest BCUT2D eigenvalue weighted by Gasteiger charge is 2.21. The molecule has 1 atom stereocenters. The lowest BCUT2D eigenvalue weighted by molar-refractivity contribution is 0.0703. The Morgan fingerprint density at radius 2 is 1.92 bits per heavy atom. The molecule has 0 bridgehead atoms. The van der Waals surface area contributed by atoms with Gasteiger partial charge in [-0.15, -0.1) is 0 Å².